The fraction of sp³-hybridized carbons (Fsp3) is 0.154. The third-order valence-corrected chi connectivity index (χ3v) is 2.52. The first-order valence-electron chi connectivity index (χ1n) is 4.84. The van der Waals surface area contributed by atoms with Gasteiger partial charge in [-0.1, -0.05) is 18.7 Å². The van der Waals surface area contributed by atoms with E-state index < -0.39 is 0 Å². The number of fused-ring (bicyclic) bond motifs is 1. The van der Waals surface area contributed by atoms with Crippen molar-refractivity contribution in [1.29, 1.82) is 0 Å². The molecule has 1 nitrogen and oxygen atoms in total. The molecule has 1 atom stereocenters. The Labute approximate surface area is 84.3 Å². The first kappa shape index (κ1) is 8.95. The lowest BCUT2D eigenvalue weighted by atomic mass is 10.2. The summed E-state index contributed by atoms with van der Waals surface area (Å²) in [5.74, 6) is 0. The van der Waals surface area contributed by atoms with E-state index in [0.717, 1.165) is 0 Å². The average molecular weight is 184 g/mol. The van der Waals surface area contributed by atoms with E-state index in [2.05, 4.69) is 60.7 Å². The molecule has 1 aromatic carbocycles. The fourth-order valence-corrected chi connectivity index (χ4v) is 1.65. The molecule has 0 fully saturated rings. The molecule has 0 radical (unpaired) electrons. The summed E-state index contributed by atoms with van der Waals surface area (Å²) in [5, 5.41) is 1.27. The van der Waals surface area contributed by atoms with Crippen LogP contribution in [0.15, 0.2) is 55.3 Å². The summed E-state index contributed by atoms with van der Waals surface area (Å²) in [6.45, 7) is 5.96. The second-order valence-corrected chi connectivity index (χ2v) is 3.45. The third-order valence-electron chi connectivity index (χ3n) is 2.52. The van der Waals surface area contributed by atoms with E-state index in [4.69, 9.17) is 0 Å². The Bertz CT molecular complexity index is 454. The SMILES string of the molecule is C=CC(C)[n+]1cccc2ccccc21. The smallest absolute Gasteiger partial charge is 0.192 e. The van der Waals surface area contributed by atoms with E-state index in [-0.39, 0.29) is 0 Å². The lowest BCUT2D eigenvalue weighted by Gasteiger charge is -2.04. The highest BCUT2D eigenvalue weighted by Gasteiger charge is 2.11. The van der Waals surface area contributed by atoms with E-state index in [1.807, 2.05) is 6.08 Å². The zero-order valence-corrected chi connectivity index (χ0v) is 8.35. The van der Waals surface area contributed by atoms with Crippen molar-refractivity contribution in [3.8, 4) is 0 Å². The Hall–Kier alpha value is -1.63. The molecule has 1 aromatic heterocycles. The van der Waals surface area contributed by atoms with Gasteiger partial charge >= 0.3 is 0 Å². The van der Waals surface area contributed by atoms with Gasteiger partial charge in [0.25, 0.3) is 0 Å². The van der Waals surface area contributed by atoms with Gasteiger partial charge < -0.3 is 0 Å². The number of allylic oxidation sites excluding steroid dienone is 1. The molecule has 1 heterocycles. The predicted molar refractivity (Wildman–Crippen MR) is 59.1 cm³/mol. The van der Waals surface area contributed by atoms with Gasteiger partial charge in [0.15, 0.2) is 12.2 Å². The van der Waals surface area contributed by atoms with Gasteiger partial charge in [0.2, 0.25) is 5.52 Å². The fourth-order valence-electron chi connectivity index (χ4n) is 1.65. The molecule has 0 aliphatic carbocycles. The number of pyridine rings is 1. The summed E-state index contributed by atoms with van der Waals surface area (Å²) in [5.41, 5.74) is 1.25. The van der Waals surface area contributed by atoms with Crippen LogP contribution in [0.4, 0.5) is 0 Å². The zero-order valence-electron chi connectivity index (χ0n) is 8.35. The van der Waals surface area contributed by atoms with E-state index in [1.54, 1.807) is 0 Å². The molecule has 14 heavy (non-hydrogen) atoms. The summed E-state index contributed by atoms with van der Waals surface area (Å²) >= 11 is 0. The topological polar surface area (TPSA) is 3.88 Å². The molecule has 0 spiro atoms. The number of hydrogen-bond donors (Lipinski definition) is 0. The first-order chi connectivity index (χ1) is 6.83. The number of hydrogen-bond acceptors (Lipinski definition) is 0. The zero-order chi connectivity index (χ0) is 9.97. The number of nitrogens with zero attached hydrogens (tertiary/aromatic N) is 1. The van der Waals surface area contributed by atoms with Gasteiger partial charge in [-0.25, -0.2) is 0 Å². The number of rotatable bonds is 2. The highest BCUT2D eigenvalue weighted by atomic mass is 15.0. The van der Waals surface area contributed by atoms with E-state index >= 15 is 0 Å². The van der Waals surface area contributed by atoms with Crippen molar-refractivity contribution in [2.75, 3.05) is 0 Å². The minimum atomic E-state index is 0.334. The van der Waals surface area contributed by atoms with Crippen LogP contribution in [0.5, 0.6) is 0 Å². The molecule has 0 saturated heterocycles. The Morgan fingerprint density at radius 3 is 2.71 bits per heavy atom. The van der Waals surface area contributed by atoms with Crippen molar-refractivity contribution in [2.24, 2.45) is 0 Å². The molecule has 2 rings (SSSR count). The molecule has 0 N–H and O–H groups in total. The van der Waals surface area contributed by atoms with E-state index in [0.29, 0.717) is 6.04 Å². The Morgan fingerprint density at radius 1 is 1.21 bits per heavy atom. The molecular weight excluding hydrogens is 170 g/mol. The van der Waals surface area contributed by atoms with Crippen LogP contribution in [0.25, 0.3) is 10.9 Å². The van der Waals surface area contributed by atoms with Gasteiger partial charge in [0, 0.05) is 24.4 Å². The Morgan fingerprint density at radius 2 is 1.93 bits per heavy atom. The lowest BCUT2D eigenvalue weighted by Crippen LogP contribution is -2.36. The van der Waals surface area contributed by atoms with Gasteiger partial charge in [-0.3, -0.25) is 0 Å². The van der Waals surface area contributed by atoms with Crippen molar-refractivity contribution in [3.63, 3.8) is 0 Å². The molecule has 0 aliphatic rings. The van der Waals surface area contributed by atoms with Crippen LogP contribution in [-0.2, 0) is 0 Å². The summed E-state index contributed by atoms with van der Waals surface area (Å²) in [6.07, 6.45) is 4.04. The molecule has 70 valence electrons. The number of benzene rings is 1. The second-order valence-electron chi connectivity index (χ2n) is 3.45. The molecule has 1 heteroatoms. The lowest BCUT2D eigenvalue weighted by molar-refractivity contribution is -0.683. The van der Waals surface area contributed by atoms with Gasteiger partial charge in [0.05, 0.1) is 0 Å². The predicted octanol–water partition coefficient (Wildman–Crippen LogP) is 2.87. The average Bonchev–Trinajstić information content (AvgIpc) is 2.27. The maximum atomic E-state index is 3.82. The Balaban J connectivity index is 2.70. The van der Waals surface area contributed by atoms with E-state index in [9.17, 15) is 0 Å². The van der Waals surface area contributed by atoms with Gasteiger partial charge in [-0.05, 0) is 18.2 Å². The summed E-state index contributed by atoms with van der Waals surface area (Å²) in [6, 6.07) is 12.9. The van der Waals surface area contributed by atoms with Crippen LogP contribution in [-0.4, -0.2) is 0 Å². The van der Waals surface area contributed by atoms with Gasteiger partial charge in [0.1, 0.15) is 0 Å². The summed E-state index contributed by atoms with van der Waals surface area (Å²) in [7, 11) is 0. The van der Waals surface area contributed by atoms with Crippen molar-refractivity contribution < 1.29 is 4.57 Å². The standard InChI is InChI=1S/C13H14N/c1-3-11(2)14-10-6-8-12-7-4-5-9-13(12)14/h3-11H,1H2,2H3/q+1. The molecule has 0 aliphatic heterocycles. The molecule has 0 saturated carbocycles. The van der Waals surface area contributed by atoms with Crippen molar-refractivity contribution in [2.45, 2.75) is 13.0 Å². The van der Waals surface area contributed by atoms with Crippen molar-refractivity contribution >= 4 is 10.9 Å². The van der Waals surface area contributed by atoms with Crippen LogP contribution < -0.4 is 4.57 Å². The molecule has 0 bridgehead atoms. The normalized spacial score (nSPS) is 12.6. The monoisotopic (exact) mass is 184 g/mol. The van der Waals surface area contributed by atoms with Crippen molar-refractivity contribution in [3.05, 3.63) is 55.3 Å². The summed E-state index contributed by atoms with van der Waals surface area (Å²) < 4.78 is 2.22. The Kier molecular flexibility index (Phi) is 2.32. The number of aromatic nitrogens is 1. The number of para-hydroxylation sites is 1. The molecule has 2 aromatic rings. The van der Waals surface area contributed by atoms with Gasteiger partial charge in [-0.2, -0.15) is 4.57 Å². The molecule has 1 unspecified atom stereocenters. The van der Waals surface area contributed by atoms with Crippen LogP contribution in [0.1, 0.15) is 13.0 Å². The minimum Gasteiger partial charge on any atom is -0.192 e. The first-order valence-corrected chi connectivity index (χ1v) is 4.84. The largest absolute Gasteiger partial charge is 0.212 e. The van der Waals surface area contributed by atoms with Crippen LogP contribution in [0.3, 0.4) is 0 Å². The highest BCUT2D eigenvalue weighted by molar-refractivity contribution is 5.74. The maximum absolute atomic E-state index is 3.82. The van der Waals surface area contributed by atoms with Crippen LogP contribution in [0.2, 0.25) is 0 Å². The van der Waals surface area contributed by atoms with Crippen LogP contribution in [0, 0.1) is 0 Å². The second kappa shape index (κ2) is 3.62. The van der Waals surface area contributed by atoms with E-state index in [1.165, 1.54) is 10.9 Å². The van der Waals surface area contributed by atoms with Crippen LogP contribution >= 0.6 is 0 Å². The third kappa shape index (κ3) is 1.41. The maximum Gasteiger partial charge on any atom is 0.212 e. The van der Waals surface area contributed by atoms with Crippen molar-refractivity contribution in [1.82, 2.24) is 0 Å². The molecule has 0 amide bonds. The highest BCUT2D eigenvalue weighted by Crippen LogP contribution is 2.10. The minimum absolute atomic E-state index is 0.334. The quantitative estimate of drug-likeness (QED) is 0.499. The molecular formula is C13H14N+. The summed E-state index contributed by atoms with van der Waals surface area (Å²) in [4.78, 5) is 0. The van der Waals surface area contributed by atoms with Gasteiger partial charge in [-0.15, -0.1) is 0 Å².